The third-order valence-corrected chi connectivity index (χ3v) is 4.25. The van der Waals surface area contributed by atoms with E-state index < -0.39 is 17.7 Å². The summed E-state index contributed by atoms with van der Waals surface area (Å²) in [7, 11) is 1.25. The van der Waals surface area contributed by atoms with Crippen LogP contribution in [0.4, 0.5) is 10.1 Å². The van der Waals surface area contributed by atoms with Crippen LogP contribution in [0.3, 0.4) is 0 Å². The Labute approximate surface area is 151 Å². The van der Waals surface area contributed by atoms with Crippen molar-refractivity contribution in [1.82, 2.24) is 0 Å². The minimum Gasteiger partial charge on any atom is -0.465 e. The highest BCUT2D eigenvalue weighted by Crippen LogP contribution is 2.35. The molecular formula is C21H18FNO3. The smallest absolute Gasteiger partial charge is 0.340 e. The minimum atomic E-state index is -0.631. The van der Waals surface area contributed by atoms with Gasteiger partial charge in [0.2, 0.25) is 0 Å². The molecule has 0 N–H and O–H groups in total. The third-order valence-electron chi connectivity index (χ3n) is 4.25. The molecule has 1 aliphatic heterocycles. The largest absolute Gasteiger partial charge is 0.465 e. The van der Waals surface area contributed by atoms with Gasteiger partial charge in [-0.05, 0) is 43.7 Å². The quantitative estimate of drug-likeness (QED) is 0.620. The van der Waals surface area contributed by atoms with Crippen LogP contribution in [-0.4, -0.2) is 19.0 Å². The number of aryl methyl sites for hydroxylation is 1. The normalized spacial score (nSPS) is 15.8. The SMILES string of the molecule is COC(=O)C1=C(C)N(c2cccc(C)c2)C(=O)/C1=C\c1ccccc1F. The van der Waals surface area contributed by atoms with E-state index in [1.165, 1.54) is 24.2 Å². The second-order valence-electron chi connectivity index (χ2n) is 6.01. The van der Waals surface area contributed by atoms with E-state index in [0.717, 1.165) is 5.56 Å². The molecule has 0 aromatic heterocycles. The molecule has 0 radical (unpaired) electrons. The summed E-state index contributed by atoms with van der Waals surface area (Å²) < 4.78 is 18.9. The topological polar surface area (TPSA) is 46.6 Å². The van der Waals surface area contributed by atoms with E-state index >= 15 is 0 Å². The zero-order valence-electron chi connectivity index (χ0n) is 14.7. The number of carbonyl (C=O) groups is 2. The monoisotopic (exact) mass is 351 g/mol. The number of anilines is 1. The molecule has 3 rings (SSSR count). The fraction of sp³-hybridized carbons (Fsp3) is 0.143. The molecule has 26 heavy (non-hydrogen) atoms. The van der Waals surface area contributed by atoms with Crippen LogP contribution in [0, 0.1) is 12.7 Å². The molecule has 0 atom stereocenters. The number of amides is 1. The van der Waals surface area contributed by atoms with Crippen molar-refractivity contribution in [3.63, 3.8) is 0 Å². The van der Waals surface area contributed by atoms with E-state index in [0.29, 0.717) is 11.4 Å². The number of rotatable bonds is 3. The Morgan fingerprint density at radius 3 is 2.50 bits per heavy atom. The van der Waals surface area contributed by atoms with Crippen LogP contribution in [0.15, 0.2) is 65.4 Å². The number of hydrogen-bond acceptors (Lipinski definition) is 3. The highest BCUT2D eigenvalue weighted by Gasteiger charge is 2.38. The van der Waals surface area contributed by atoms with Crippen molar-refractivity contribution in [3.05, 3.63) is 82.3 Å². The van der Waals surface area contributed by atoms with Gasteiger partial charge in [0.05, 0.1) is 18.3 Å². The first-order valence-electron chi connectivity index (χ1n) is 8.11. The molecule has 0 spiro atoms. The summed E-state index contributed by atoms with van der Waals surface area (Å²) in [6, 6.07) is 13.5. The van der Waals surface area contributed by atoms with E-state index in [4.69, 9.17) is 4.74 Å². The van der Waals surface area contributed by atoms with Crippen molar-refractivity contribution in [2.24, 2.45) is 0 Å². The van der Waals surface area contributed by atoms with E-state index in [9.17, 15) is 14.0 Å². The molecule has 1 aliphatic rings. The lowest BCUT2D eigenvalue weighted by Gasteiger charge is -2.18. The van der Waals surface area contributed by atoms with Gasteiger partial charge in [0.25, 0.3) is 5.91 Å². The highest BCUT2D eigenvalue weighted by atomic mass is 19.1. The van der Waals surface area contributed by atoms with Gasteiger partial charge in [-0.3, -0.25) is 9.69 Å². The lowest BCUT2D eigenvalue weighted by molar-refractivity contribution is -0.136. The summed E-state index contributed by atoms with van der Waals surface area (Å²) in [6.07, 6.45) is 1.39. The Morgan fingerprint density at radius 1 is 1.12 bits per heavy atom. The number of esters is 1. The Bertz CT molecular complexity index is 959. The Kier molecular flexibility index (Phi) is 4.71. The fourth-order valence-electron chi connectivity index (χ4n) is 3.01. The zero-order chi connectivity index (χ0) is 18.8. The van der Waals surface area contributed by atoms with Crippen LogP contribution in [0.1, 0.15) is 18.1 Å². The lowest BCUT2D eigenvalue weighted by atomic mass is 10.0. The summed E-state index contributed by atoms with van der Waals surface area (Å²) >= 11 is 0. The van der Waals surface area contributed by atoms with Gasteiger partial charge in [0.1, 0.15) is 5.82 Å². The van der Waals surface area contributed by atoms with Gasteiger partial charge >= 0.3 is 5.97 Å². The van der Waals surface area contributed by atoms with Crippen LogP contribution in [-0.2, 0) is 14.3 Å². The molecule has 1 amide bonds. The minimum absolute atomic E-state index is 0.112. The first-order chi connectivity index (χ1) is 12.4. The van der Waals surface area contributed by atoms with Crippen LogP contribution in [0.25, 0.3) is 6.08 Å². The molecule has 0 fully saturated rings. The molecule has 0 aliphatic carbocycles. The highest BCUT2D eigenvalue weighted by molar-refractivity contribution is 6.23. The zero-order valence-corrected chi connectivity index (χ0v) is 14.7. The maximum absolute atomic E-state index is 14.0. The van der Waals surface area contributed by atoms with Crippen molar-refractivity contribution >= 4 is 23.6 Å². The molecule has 0 saturated carbocycles. The lowest BCUT2D eigenvalue weighted by Crippen LogP contribution is -2.24. The molecule has 0 unspecified atom stereocenters. The average molecular weight is 351 g/mol. The van der Waals surface area contributed by atoms with Crippen LogP contribution < -0.4 is 4.90 Å². The van der Waals surface area contributed by atoms with Gasteiger partial charge in [-0.25, -0.2) is 9.18 Å². The molecule has 5 heteroatoms. The van der Waals surface area contributed by atoms with Crippen molar-refractivity contribution in [1.29, 1.82) is 0 Å². The summed E-state index contributed by atoms with van der Waals surface area (Å²) in [6.45, 7) is 3.59. The summed E-state index contributed by atoms with van der Waals surface area (Å²) in [5.41, 5.74) is 2.56. The molecule has 132 valence electrons. The van der Waals surface area contributed by atoms with Gasteiger partial charge < -0.3 is 4.74 Å². The summed E-state index contributed by atoms with van der Waals surface area (Å²) in [5.74, 6) is -1.49. The van der Waals surface area contributed by atoms with Crippen molar-refractivity contribution in [3.8, 4) is 0 Å². The maximum atomic E-state index is 14.0. The number of allylic oxidation sites excluding steroid dienone is 1. The van der Waals surface area contributed by atoms with Crippen molar-refractivity contribution < 1.29 is 18.7 Å². The van der Waals surface area contributed by atoms with Crippen LogP contribution >= 0.6 is 0 Å². The summed E-state index contributed by atoms with van der Waals surface area (Å²) in [4.78, 5) is 26.8. The van der Waals surface area contributed by atoms with Gasteiger partial charge in [-0.15, -0.1) is 0 Å². The molecular weight excluding hydrogens is 333 g/mol. The number of methoxy groups -OCH3 is 1. The Hall–Kier alpha value is -3.21. The van der Waals surface area contributed by atoms with E-state index in [-0.39, 0.29) is 16.7 Å². The van der Waals surface area contributed by atoms with Gasteiger partial charge in [0.15, 0.2) is 0 Å². The maximum Gasteiger partial charge on any atom is 0.340 e. The van der Waals surface area contributed by atoms with Crippen LogP contribution in [0.2, 0.25) is 0 Å². The number of nitrogens with zero attached hydrogens (tertiary/aromatic N) is 1. The van der Waals surface area contributed by atoms with Gasteiger partial charge in [-0.1, -0.05) is 30.3 Å². The molecule has 0 bridgehead atoms. The van der Waals surface area contributed by atoms with Crippen molar-refractivity contribution in [2.75, 3.05) is 12.0 Å². The number of carbonyl (C=O) groups excluding carboxylic acids is 2. The number of hydrogen-bond donors (Lipinski definition) is 0. The van der Waals surface area contributed by atoms with Crippen LogP contribution in [0.5, 0.6) is 0 Å². The first kappa shape index (κ1) is 17.6. The molecule has 2 aromatic carbocycles. The van der Waals surface area contributed by atoms with E-state index in [1.807, 2.05) is 25.1 Å². The average Bonchev–Trinajstić information content (AvgIpc) is 2.86. The molecule has 0 saturated heterocycles. The van der Waals surface area contributed by atoms with Gasteiger partial charge in [-0.2, -0.15) is 0 Å². The standard InChI is InChI=1S/C21H18FNO3/c1-13-7-6-9-16(11-13)23-14(2)19(21(25)26-3)17(20(23)24)12-15-8-4-5-10-18(15)22/h4-12H,1-3H3/b17-12-. The predicted octanol–water partition coefficient (Wildman–Crippen LogP) is 4.01. The van der Waals surface area contributed by atoms with Crippen molar-refractivity contribution in [2.45, 2.75) is 13.8 Å². The fourth-order valence-corrected chi connectivity index (χ4v) is 3.01. The first-order valence-corrected chi connectivity index (χ1v) is 8.11. The van der Waals surface area contributed by atoms with E-state index in [2.05, 4.69) is 0 Å². The predicted molar refractivity (Wildman–Crippen MR) is 97.8 cm³/mol. The number of ether oxygens (including phenoxy) is 1. The second kappa shape index (κ2) is 6.96. The summed E-state index contributed by atoms with van der Waals surface area (Å²) in [5, 5.41) is 0. The molecule has 2 aromatic rings. The number of benzene rings is 2. The molecule has 4 nitrogen and oxygen atoms in total. The van der Waals surface area contributed by atoms with Gasteiger partial charge in [0, 0.05) is 16.9 Å². The van der Waals surface area contributed by atoms with E-state index in [1.54, 1.807) is 31.2 Å². The third kappa shape index (κ3) is 3.04. The second-order valence-corrected chi connectivity index (χ2v) is 6.01. The number of halogens is 1. The Morgan fingerprint density at radius 2 is 1.85 bits per heavy atom. The molecule has 1 heterocycles. The Balaban J connectivity index is 2.17.